The van der Waals surface area contributed by atoms with E-state index in [1.165, 1.54) is 91.0 Å². The van der Waals surface area contributed by atoms with E-state index in [1.807, 2.05) is 34.9 Å². The molecule has 0 saturated heterocycles. The van der Waals surface area contributed by atoms with Crippen LogP contribution >= 0.6 is 34.9 Å². The Bertz CT molecular complexity index is 1520. The molecule has 2 aliphatic heterocycles. The normalized spacial score (nSPS) is 22.9. The highest BCUT2D eigenvalue weighted by Crippen LogP contribution is 2.48. The minimum atomic E-state index is 0.721. The molecule has 2 nitrogen and oxygen atoms in total. The molecule has 2 aliphatic carbocycles. The van der Waals surface area contributed by atoms with E-state index in [1.54, 1.807) is 5.57 Å². The Hall–Kier alpha value is -2.21. The summed E-state index contributed by atoms with van der Waals surface area (Å²) >= 11 is 5.72. The number of benzene rings is 2. The van der Waals surface area contributed by atoms with Crippen molar-refractivity contribution in [1.29, 1.82) is 0 Å². The molecule has 1 atom stereocenters. The lowest BCUT2D eigenvalue weighted by Gasteiger charge is -2.28. The third-order valence-corrected chi connectivity index (χ3v) is 11.2. The summed E-state index contributed by atoms with van der Waals surface area (Å²) in [5.74, 6) is 0.721. The van der Waals surface area contributed by atoms with Crippen molar-refractivity contribution in [2.24, 2.45) is 5.92 Å². The predicted molar refractivity (Wildman–Crippen MR) is 162 cm³/mol. The average Bonchev–Trinajstić information content (AvgIpc) is 3.46. The number of fused-ring (bicyclic) bond motifs is 2. The van der Waals surface area contributed by atoms with Gasteiger partial charge >= 0.3 is 0 Å². The fraction of sp³-hybridized carbons (Fsp3) is 0.344. The van der Waals surface area contributed by atoms with E-state index in [9.17, 15) is 0 Å². The Balaban J connectivity index is 1.20. The highest BCUT2D eigenvalue weighted by atomic mass is 32.2. The van der Waals surface area contributed by atoms with Crippen molar-refractivity contribution in [2.45, 2.75) is 61.8 Å². The molecule has 5 heteroatoms. The van der Waals surface area contributed by atoms with E-state index < -0.39 is 0 Å². The molecule has 0 radical (unpaired) electrons. The number of hydrogen-bond donors (Lipinski definition) is 0. The van der Waals surface area contributed by atoms with Crippen LogP contribution in [0.25, 0.3) is 16.3 Å². The van der Waals surface area contributed by atoms with Crippen LogP contribution in [0, 0.1) is 5.92 Å². The van der Waals surface area contributed by atoms with Gasteiger partial charge < -0.3 is 4.90 Å². The molecule has 37 heavy (non-hydrogen) atoms. The van der Waals surface area contributed by atoms with Gasteiger partial charge in [0.15, 0.2) is 6.54 Å². The van der Waals surface area contributed by atoms with E-state index >= 15 is 0 Å². The zero-order valence-electron chi connectivity index (χ0n) is 21.6. The van der Waals surface area contributed by atoms with Crippen LogP contribution in [-0.2, 0) is 13.0 Å². The van der Waals surface area contributed by atoms with E-state index in [0.29, 0.717) is 0 Å². The Kier molecular flexibility index (Phi) is 6.34. The van der Waals surface area contributed by atoms with Crippen LogP contribution in [0.1, 0.15) is 49.6 Å². The fourth-order valence-electron chi connectivity index (χ4n) is 6.39. The van der Waals surface area contributed by atoms with Crippen LogP contribution in [0.15, 0.2) is 86.2 Å². The Morgan fingerprint density at radius 2 is 2.00 bits per heavy atom. The Labute approximate surface area is 232 Å². The Morgan fingerprint density at radius 1 is 1.08 bits per heavy atom. The topological polar surface area (TPSA) is 7.12 Å². The first-order valence-corrected chi connectivity index (χ1v) is 16.5. The van der Waals surface area contributed by atoms with Crippen LogP contribution in [-0.4, -0.2) is 12.8 Å². The highest BCUT2D eigenvalue weighted by Gasteiger charge is 2.29. The van der Waals surface area contributed by atoms with Gasteiger partial charge in [0.05, 0.1) is 10.7 Å². The second-order valence-corrected chi connectivity index (χ2v) is 13.5. The second kappa shape index (κ2) is 9.83. The minimum absolute atomic E-state index is 0.721. The molecule has 3 aromatic rings. The molecule has 2 aromatic carbocycles. The van der Waals surface area contributed by atoms with E-state index in [0.717, 1.165) is 19.0 Å². The maximum absolute atomic E-state index is 2.58. The lowest BCUT2D eigenvalue weighted by atomic mass is 9.77. The van der Waals surface area contributed by atoms with Gasteiger partial charge in [0.2, 0.25) is 5.52 Å². The summed E-state index contributed by atoms with van der Waals surface area (Å²) in [6, 6.07) is 13.8. The number of para-hydroxylation sites is 1. The number of nitrogens with zero attached hydrogens (tertiary/aromatic N) is 2. The standard InChI is InChI=1S/C32H33N2S3/c1-3-33-27-20-26(35-2)13-14-28(27)36-30(33)18-21-9-11-23-12-10-22(17-25(23)16-21)19-31-34-15-5-7-24-6-4-8-29(37-31)32(24)34/h4,6,8,13-14,16-20,23H,3,5,7,9-12,15H2,1-2H3/q+1. The Morgan fingerprint density at radius 3 is 2.89 bits per heavy atom. The van der Waals surface area contributed by atoms with Crippen molar-refractivity contribution in [3.63, 3.8) is 0 Å². The molecule has 7 rings (SSSR count). The highest BCUT2D eigenvalue weighted by molar-refractivity contribution is 8.03. The molecular formula is C32H33N2S3+. The van der Waals surface area contributed by atoms with Crippen LogP contribution in [0.2, 0.25) is 0 Å². The van der Waals surface area contributed by atoms with Crippen molar-refractivity contribution < 1.29 is 4.57 Å². The van der Waals surface area contributed by atoms with E-state index in [-0.39, 0.29) is 0 Å². The largest absolute Gasteiger partial charge is 0.335 e. The van der Waals surface area contributed by atoms with Gasteiger partial charge in [0, 0.05) is 34.4 Å². The van der Waals surface area contributed by atoms with Crippen LogP contribution in [0.5, 0.6) is 0 Å². The smallest absolute Gasteiger partial charge is 0.263 e. The molecule has 4 aliphatic rings. The molecule has 188 valence electrons. The summed E-state index contributed by atoms with van der Waals surface area (Å²) in [5.41, 5.74) is 8.91. The zero-order chi connectivity index (χ0) is 24.9. The summed E-state index contributed by atoms with van der Waals surface area (Å²) in [6.07, 6.45) is 19.6. The molecule has 1 unspecified atom stereocenters. The summed E-state index contributed by atoms with van der Waals surface area (Å²) < 4.78 is 4.02. The van der Waals surface area contributed by atoms with Gasteiger partial charge in [-0.25, -0.2) is 0 Å². The number of anilines is 1. The number of hydrogen-bond acceptors (Lipinski definition) is 4. The molecule has 0 saturated carbocycles. The summed E-state index contributed by atoms with van der Waals surface area (Å²) in [4.78, 5) is 5.22. The minimum Gasteiger partial charge on any atom is -0.335 e. The monoisotopic (exact) mass is 541 g/mol. The number of allylic oxidation sites excluding steroid dienone is 6. The third kappa shape index (κ3) is 4.33. The maximum atomic E-state index is 2.58. The van der Waals surface area contributed by atoms with Crippen LogP contribution in [0.4, 0.5) is 5.69 Å². The lowest BCUT2D eigenvalue weighted by Crippen LogP contribution is -2.38. The van der Waals surface area contributed by atoms with Crippen molar-refractivity contribution in [2.75, 3.05) is 17.7 Å². The molecule has 0 spiro atoms. The van der Waals surface area contributed by atoms with Crippen molar-refractivity contribution in [3.8, 4) is 0 Å². The van der Waals surface area contributed by atoms with Gasteiger partial charge in [0.1, 0.15) is 4.70 Å². The van der Waals surface area contributed by atoms with Gasteiger partial charge in [-0.3, -0.25) is 0 Å². The number of rotatable bonds is 4. The first-order valence-electron chi connectivity index (χ1n) is 13.6. The fourth-order valence-corrected chi connectivity index (χ4v) is 9.22. The molecule has 0 bridgehead atoms. The number of thiazole rings is 1. The predicted octanol–water partition coefficient (Wildman–Crippen LogP) is 8.77. The van der Waals surface area contributed by atoms with Crippen molar-refractivity contribution in [3.05, 3.63) is 86.9 Å². The molecular weight excluding hydrogens is 509 g/mol. The summed E-state index contributed by atoms with van der Waals surface area (Å²) in [6.45, 7) is 4.43. The van der Waals surface area contributed by atoms with Gasteiger partial charge in [-0.15, -0.1) is 11.8 Å². The average molecular weight is 542 g/mol. The number of aromatic nitrogens is 1. The van der Waals surface area contributed by atoms with Crippen molar-refractivity contribution in [1.82, 2.24) is 0 Å². The molecule has 0 fully saturated rings. The van der Waals surface area contributed by atoms with E-state index in [2.05, 4.69) is 83.3 Å². The summed E-state index contributed by atoms with van der Waals surface area (Å²) in [5, 5.41) is 2.81. The summed E-state index contributed by atoms with van der Waals surface area (Å²) in [7, 11) is 0. The van der Waals surface area contributed by atoms with Gasteiger partial charge in [-0.2, -0.15) is 4.57 Å². The van der Waals surface area contributed by atoms with Gasteiger partial charge in [-0.1, -0.05) is 47.4 Å². The first-order chi connectivity index (χ1) is 18.2. The quantitative estimate of drug-likeness (QED) is 0.241. The molecule has 1 aromatic heterocycles. The maximum Gasteiger partial charge on any atom is 0.263 e. The van der Waals surface area contributed by atoms with Gasteiger partial charge in [0.25, 0.3) is 5.01 Å². The molecule has 0 amide bonds. The SMILES string of the molecule is CCN1C(=CC2=CC3=CC(=Cc4sc5cccc6c5[n+]4CCC6)CCC3CC2)Sc2ccc(SC)cc21. The number of thioether (sulfide) groups is 2. The van der Waals surface area contributed by atoms with Crippen molar-refractivity contribution >= 4 is 56.8 Å². The first kappa shape index (κ1) is 23.9. The number of aryl methyl sites for hydroxylation is 2. The van der Waals surface area contributed by atoms with Crippen LogP contribution in [0.3, 0.4) is 0 Å². The lowest BCUT2D eigenvalue weighted by molar-refractivity contribution is -0.671. The third-order valence-electron chi connectivity index (χ3n) is 8.27. The van der Waals surface area contributed by atoms with E-state index in [4.69, 9.17) is 0 Å². The van der Waals surface area contributed by atoms with Crippen LogP contribution < -0.4 is 9.47 Å². The second-order valence-electron chi connectivity index (χ2n) is 10.5. The van der Waals surface area contributed by atoms with Gasteiger partial charge in [-0.05, 0) is 98.3 Å². The molecule has 0 N–H and O–H groups in total. The zero-order valence-corrected chi connectivity index (χ0v) is 24.1. The molecule has 3 heterocycles.